The van der Waals surface area contributed by atoms with Gasteiger partial charge in [-0.2, -0.15) is 0 Å². The SMILES string of the molecule is C#CC1CCC(C(O)N2CCC([C@@H](C)n3c(C)c(C(=O)NCc4c(OC)cc(C)[nH]c4=O)c4ccccc43)CC2)CC1. The van der Waals surface area contributed by atoms with Gasteiger partial charge in [-0.05, 0) is 83.3 Å². The van der Waals surface area contributed by atoms with Gasteiger partial charge in [0.05, 0.1) is 24.8 Å². The number of aryl methyl sites for hydroxylation is 1. The lowest BCUT2D eigenvalue weighted by Crippen LogP contribution is -2.46. The summed E-state index contributed by atoms with van der Waals surface area (Å²) >= 11 is 0. The first-order valence-electron chi connectivity index (χ1n) is 15.3. The van der Waals surface area contributed by atoms with Gasteiger partial charge in [0.2, 0.25) is 0 Å². The molecule has 1 aliphatic heterocycles. The second kappa shape index (κ2) is 12.8. The second-order valence-electron chi connectivity index (χ2n) is 12.2. The van der Waals surface area contributed by atoms with Crippen LogP contribution in [0.2, 0.25) is 0 Å². The number of H-pyrrole nitrogens is 1. The fourth-order valence-electron chi connectivity index (χ4n) is 7.25. The molecule has 2 aromatic heterocycles. The highest BCUT2D eigenvalue weighted by Crippen LogP contribution is 2.38. The van der Waals surface area contributed by atoms with Crippen molar-refractivity contribution < 1.29 is 14.6 Å². The van der Waals surface area contributed by atoms with Gasteiger partial charge in [-0.25, -0.2) is 0 Å². The maximum atomic E-state index is 13.6. The van der Waals surface area contributed by atoms with E-state index in [4.69, 9.17) is 11.2 Å². The van der Waals surface area contributed by atoms with Crippen molar-refractivity contribution in [2.45, 2.75) is 78.1 Å². The number of carbonyl (C=O) groups is 1. The Bertz CT molecular complexity index is 1520. The number of carbonyl (C=O) groups excluding carboxylic acids is 1. The van der Waals surface area contributed by atoms with Crippen molar-refractivity contribution in [1.29, 1.82) is 0 Å². The normalized spacial score (nSPS) is 21.5. The number of hydrogen-bond acceptors (Lipinski definition) is 5. The van der Waals surface area contributed by atoms with Crippen LogP contribution in [-0.4, -0.2) is 51.9 Å². The zero-order valence-corrected chi connectivity index (χ0v) is 25.3. The third kappa shape index (κ3) is 5.86. The topological polar surface area (TPSA) is 99.6 Å². The highest BCUT2D eigenvalue weighted by Gasteiger charge is 2.34. The van der Waals surface area contributed by atoms with Crippen LogP contribution in [0.15, 0.2) is 35.1 Å². The van der Waals surface area contributed by atoms with Crippen LogP contribution in [0, 0.1) is 43.9 Å². The molecule has 224 valence electrons. The number of nitrogens with zero attached hydrogens (tertiary/aromatic N) is 2. The minimum atomic E-state index is -0.399. The van der Waals surface area contributed by atoms with E-state index < -0.39 is 6.23 Å². The van der Waals surface area contributed by atoms with Gasteiger partial charge in [0, 0.05) is 47.3 Å². The molecule has 1 aliphatic carbocycles. The molecular weight excluding hydrogens is 528 g/mol. The summed E-state index contributed by atoms with van der Waals surface area (Å²) in [5.74, 6) is 4.21. The lowest BCUT2D eigenvalue weighted by Gasteiger charge is -2.41. The van der Waals surface area contributed by atoms with Gasteiger partial charge in [-0.15, -0.1) is 12.3 Å². The average molecular weight is 573 g/mol. The van der Waals surface area contributed by atoms with Crippen molar-refractivity contribution in [3.8, 4) is 18.1 Å². The van der Waals surface area contributed by atoms with Crippen LogP contribution in [-0.2, 0) is 6.54 Å². The molecule has 1 aromatic carbocycles. The minimum absolute atomic E-state index is 0.0668. The van der Waals surface area contributed by atoms with Gasteiger partial charge in [0.15, 0.2) is 0 Å². The summed E-state index contributed by atoms with van der Waals surface area (Å²) in [6.45, 7) is 7.85. The Balaban J connectivity index is 1.30. The van der Waals surface area contributed by atoms with Crippen molar-refractivity contribution >= 4 is 16.8 Å². The lowest BCUT2D eigenvalue weighted by atomic mass is 9.80. The number of nitrogens with one attached hydrogen (secondary N) is 2. The van der Waals surface area contributed by atoms with E-state index in [0.717, 1.165) is 68.2 Å². The smallest absolute Gasteiger partial charge is 0.256 e. The van der Waals surface area contributed by atoms with Gasteiger partial charge >= 0.3 is 0 Å². The molecule has 8 nitrogen and oxygen atoms in total. The summed E-state index contributed by atoms with van der Waals surface area (Å²) in [4.78, 5) is 31.3. The van der Waals surface area contributed by atoms with E-state index in [2.05, 4.69) is 38.7 Å². The second-order valence-corrected chi connectivity index (χ2v) is 12.2. The van der Waals surface area contributed by atoms with Crippen LogP contribution >= 0.6 is 0 Å². The van der Waals surface area contributed by atoms with E-state index in [0.29, 0.717) is 40.3 Å². The Hall–Kier alpha value is -3.54. The number of hydrogen-bond donors (Lipinski definition) is 3. The minimum Gasteiger partial charge on any atom is -0.496 e. The number of aliphatic hydroxyl groups excluding tert-OH is 1. The number of ether oxygens (including phenoxy) is 1. The number of likely N-dealkylation sites (tertiary alicyclic amines) is 1. The van der Waals surface area contributed by atoms with E-state index in [9.17, 15) is 14.7 Å². The van der Waals surface area contributed by atoms with Crippen LogP contribution in [0.1, 0.15) is 78.8 Å². The largest absolute Gasteiger partial charge is 0.496 e. The maximum Gasteiger partial charge on any atom is 0.256 e. The summed E-state index contributed by atoms with van der Waals surface area (Å²) < 4.78 is 7.71. The quantitative estimate of drug-likeness (QED) is 0.333. The fraction of sp³-hybridized carbons (Fsp3) is 0.529. The molecule has 1 saturated heterocycles. The number of aliphatic hydroxyl groups is 1. The Labute approximate surface area is 248 Å². The molecule has 1 saturated carbocycles. The Morgan fingerprint density at radius 1 is 1.14 bits per heavy atom. The molecule has 0 spiro atoms. The molecule has 3 N–H and O–H groups in total. The van der Waals surface area contributed by atoms with Crippen LogP contribution < -0.4 is 15.6 Å². The molecule has 1 unspecified atom stereocenters. The van der Waals surface area contributed by atoms with Crippen LogP contribution in [0.4, 0.5) is 0 Å². The summed E-state index contributed by atoms with van der Waals surface area (Å²) in [5.41, 5.74) is 3.41. The molecule has 1 amide bonds. The maximum absolute atomic E-state index is 13.6. The Morgan fingerprint density at radius 3 is 2.50 bits per heavy atom. The highest BCUT2D eigenvalue weighted by atomic mass is 16.5. The number of rotatable bonds is 8. The predicted molar refractivity (Wildman–Crippen MR) is 165 cm³/mol. The molecule has 5 rings (SSSR count). The Kier molecular flexibility index (Phi) is 9.10. The van der Waals surface area contributed by atoms with E-state index in [1.54, 1.807) is 13.0 Å². The average Bonchev–Trinajstić information content (AvgIpc) is 3.31. The standard InChI is InChI=1S/C34H44N4O4/c1-6-24-11-13-26(14-12-24)34(41)37-17-15-25(16-18-37)22(3)38-23(4)31(27-9-7-8-10-29(27)38)33(40)35-20-28-30(42-5)19-21(2)36-32(28)39/h1,7-10,19,22,24-26,34,41H,11-18,20H2,2-5H3,(H,35,40)(H,36,39)/t22-,24?,26?,34?/m1/s1. The van der Waals surface area contributed by atoms with E-state index >= 15 is 0 Å². The van der Waals surface area contributed by atoms with Gasteiger partial charge in [0.25, 0.3) is 11.5 Å². The number of para-hydroxylation sites is 1. The number of piperidine rings is 1. The lowest BCUT2D eigenvalue weighted by molar-refractivity contribution is -0.0689. The number of pyridine rings is 1. The third-order valence-electron chi connectivity index (χ3n) is 9.73. The number of amides is 1. The highest BCUT2D eigenvalue weighted by molar-refractivity contribution is 6.08. The molecule has 2 fully saturated rings. The molecular formula is C34H44N4O4. The van der Waals surface area contributed by atoms with E-state index in [1.165, 1.54) is 7.11 Å². The van der Waals surface area contributed by atoms with Gasteiger partial charge < -0.3 is 24.7 Å². The zero-order valence-electron chi connectivity index (χ0n) is 25.3. The Morgan fingerprint density at radius 2 is 1.83 bits per heavy atom. The van der Waals surface area contributed by atoms with Crippen molar-refractivity contribution in [2.75, 3.05) is 20.2 Å². The van der Waals surface area contributed by atoms with Crippen LogP contribution in [0.5, 0.6) is 5.75 Å². The van der Waals surface area contributed by atoms with Crippen LogP contribution in [0.25, 0.3) is 10.9 Å². The number of terminal acetylenes is 1. The molecule has 0 radical (unpaired) electrons. The molecule has 2 atom stereocenters. The monoisotopic (exact) mass is 572 g/mol. The summed E-state index contributed by atoms with van der Waals surface area (Å²) in [5, 5.41) is 15.0. The van der Waals surface area contributed by atoms with Crippen molar-refractivity contribution in [2.24, 2.45) is 17.8 Å². The molecule has 42 heavy (non-hydrogen) atoms. The molecule has 0 bridgehead atoms. The van der Waals surface area contributed by atoms with E-state index in [-0.39, 0.29) is 24.1 Å². The number of benzene rings is 1. The van der Waals surface area contributed by atoms with Gasteiger partial charge in [-0.3, -0.25) is 14.5 Å². The van der Waals surface area contributed by atoms with Gasteiger partial charge in [-0.1, -0.05) is 18.2 Å². The van der Waals surface area contributed by atoms with E-state index in [1.807, 2.05) is 25.1 Å². The fourth-order valence-corrected chi connectivity index (χ4v) is 7.25. The number of methoxy groups -OCH3 is 1. The number of aromatic nitrogens is 2. The zero-order chi connectivity index (χ0) is 30.0. The first-order valence-corrected chi connectivity index (χ1v) is 15.3. The summed E-state index contributed by atoms with van der Waals surface area (Å²) in [6.07, 6.45) is 11.2. The first-order chi connectivity index (χ1) is 20.2. The number of fused-ring (bicyclic) bond motifs is 1. The van der Waals surface area contributed by atoms with Crippen molar-refractivity contribution in [3.63, 3.8) is 0 Å². The summed E-state index contributed by atoms with van der Waals surface area (Å²) in [6, 6.07) is 9.98. The summed E-state index contributed by atoms with van der Waals surface area (Å²) in [7, 11) is 1.52. The predicted octanol–water partition coefficient (Wildman–Crippen LogP) is 4.92. The number of aromatic amines is 1. The molecule has 3 aromatic rings. The van der Waals surface area contributed by atoms with Crippen LogP contribution in [0.3, 0.4) is 0 Å². The van der Waals surface area contributed by atoms with Gasteiger partial charge in [0.1, 0.15) is 12.0 Å². The molecule has 2 aliphatic rings. The van der Waals surface area contributed by atoms with Crippen molar-refractivity contribution in [3.05, 3.63) is 63.2 Å². The molecule has 8 heteroatoms. The third-order valence-corrected chi connectivity index (χ3v) is 9.73. The first kappa shape index (κ1) is 29.9. The van der Waals surface area contributed by atoms with Crippen molar-refractivity contribution in [1.82, 2.24) is 19.8 Å². The molecule has 3 heterocycles.